The zero-order chi connectivity index (χ0) is 14.9. The molecular formula is C14H22BrClN2O2S. The zero-order valence-electron chi connectivity index (χ0n) is 12.3. The van der Waals surface area contributed by atoms with Crippen molar-refractivity contribution in [3.63, 3.8) is 0 Å². The first-order chi connectivity index (χ1) is 9.32. The zero-order valence-corrected chi connectivity index (χ0v) is 15.5. The van der Waals surface area contributed by atoms with E-state index in [1.807, 2.05) is 19.9 Å². The van der Waals surface area contributed by atoms with Gasteiger partial charge in [0, 0.05) is 23.1 Å². The molecule has 0 bridgehead atoms. The minimum absolute atomic E-state index is 0. The molecule has 1 fully saturated rings. The van der Waals surface area contributed by atoms with Gasteiger partial charge in [0.05, 0.1) is 4.90 Å². The predicted molar refractivity (Wildman–Crippen MR) is 91.3 cm³/mol. The molecule has 0 aliphatic carbocycles. The van der Waals surface area contributed by atoms with Gasteiger partial charge in [-0.3, -0.25) is 0 Å². The lowest BCUT2D eigenvalue weighted by Gasteiger charge is -2.37. The second kappa shape index (κ2) is 7.42. The summed E-state index contributed by atoms with van der Waals surface area (Å²) in [6.45, 7) is 4.33. The van der Waals surface area contributed by atoms with Gasteiger partial charge in [-0.25, -0.2) is 8.42 Å². The summed E-state index contributed by atoms with van der Waals surface area (Å²) in [5, 5.41) is 0. The topological polar surface area (TPSA) is 63.4 Å². The van der Waals surface area contributed by atoms with Crippen molar-refractivity contribution in [1.82, 2.24) is 4.31 Å². The lowest BCUT2D eigenvalue weighted by atomic mass is 10.00. The maximum atomic E-state index is 12.9. The normalized spacial score (nSPS) is 21.6. The summed E-state index contributed by atoms with van der Waals surface area (Å²) in [7, 11) is -3.48. The fourth-order valence-electron chi connectivity index (χ4n) is 2.74. The van der Waals surface area contributed by atoms with Crippen LogP contribution < -0.4 is 5.73 Å². The number of hydrogen-bond donors (Lipinski definition) is 1. The van der Waals surface area contributed by atoms with E-state index in [0.29, 0.717) is 11.4 Å². The molecule has 1 aliphatic rings. The Morgan fingerprint density at radius 1 is 1.33 bits per heavy atom. The first-order valence-corrected chi connectivity index (χ1v) is 9.10. The molecule has 7 heteroatoms. The molecule has 2 rings (SSSR count). The quantitative estimate of drug-likeness (QED) is 0.852. The van der Waals surface area contributed by atoms with Crippen molar-refractivity contribution in [2.24, 2.45) is 5.73 Å². The molecule has 21 heavy (non-hydrogen) atoms. The molecule has 1 aromatic rings. The number of benzene rings is 1. The van der Waals surface area contributed by atoms with Crippen LogP contribution in [0.25, 0.3) is 0 Å². The average Bonchev–Trinajstić information content (AvgIpc) is 2.37. The summed E-state index contributed by atoms with van der Waals surface area (Å²) in [4.78, 5) is 0.344. The minimum atomic E-state index is -3.48. The van der Waals surface area contributed by atoms with Gasteiger partial charge in [0.2, 0.25) is 10.0 Å². The fourth-order valence-corrected chi connectivity index (χ4v) is 5.41. The van der Waals surface area contributed by atoms with Gasteiger partial charge in [-0.05, 0) is 50.5 Å². The van der Waals surface area contributed by atoms with Crippen LogP contribution >= 0.6 is 28.3 Å². The maximum absolute atomic E-state index is 12.9. The van der Waals surface area contributed by atoms with E-state index in [1.165, 1.54) is 0 Å². The first kappa shape index (κ1) is 18.9. The monoisotopic (exact) mass is 396 g/mol. The number of piperidine rings is 1. The van der Waals surface area contributed by atoms with E-state index >= 15 is 0 Å². The Bertz CT molecular complexity index is 572. The van der Waals surface area contributed by atoms with Gasteiger partial charge in [0.15, 0.2) is 0 Å². The molecule has 4 nitrogen and oxygen atoms in total. The molecule has 0 spiro atoms. The number of hydrogen-bond acceptors (Lipinski definition) is 3. The van der Waals surface area contributed by atoms with Crippen molar-refractivity contribution < 1.29 is 8.42 Å². The van der Waals surface area contributed by atoms with Crippen LogP contribution in [0.3, 0.4) is 0 Å². The molecule has 0 radical (unpaired) electrons. The number of aryl methyl sites for hydroxylation is 1. The smallest absolute Gasteiger partial charge is 0.243 e. The van der Waals surface area contributed by atoms with Crippen molar-refractivity contribution in [3.8, 4) is 0 Å². The Morgan fingerprint density at radius 3 is 2.57 bits per heavy atom. The number of rotatable bonds is 3. The largest absolute Gasteiger partial charge is 0.326 e. The molecule has 0 amide bonds. The minimum Gasteiger partial charge on any atom is -0.326 e. The number of nitrogens with zero attached hydrogens (tertiary/aromatic N) is 1. The third-order valence-corrected chi connectivity index (χ3v) is 6.09. The molecule has 1 saturated heterocycles. The van der Waals surface area contributed by atoms with Crippen LogP contribution in [0.15, 0.2) is 27.6 Å². The Hall–Kier alpha value is -0.140. The fraction of sp³-hybridized carbons (Fsp3) is 0.571. The van der Waals surface area contributed by atoms with Crippen LogP contribution in [0, 0.1) is 6.92 Å². The van der Waals surface area contributed by atoms with Crippen LogP contribution in [0.2, 0.25) is 0 Å². The van der Waals surface area contributed by atoms with Crippen molar-refractivity contribution in [3.05, 3.63) is 28.2 Å². The molecule has 2 atom stereocenters. The highest BCUT2D eigenvalue weighted by Gasteiger charge is 2.35. The summed E-state index contributed by atoms with van der Waals surface area (Å²) in [6.07, 6.45) is 2.77. The Kier molecular flexibility index (Phi) is 6.68. The van der Waals surface area contributed by atoms with E-state index in [0.717, 1.165) is 29.3 Å². The highest BCUT2D eigenvalue weighted by Crippen LogP contribution is 2.28. The van der Waals surface area contributed by atoms with Crippen molar-refractivity contribution >= 4 is 38.4 Å². The third kappa shape index (κ3) is 4.20. The summed E-state index contributed by atoms with van der Waals surface area (Å²) in [5.41, 5.74) is 6.90. The lowest BCUT2D eigenvalue weighted by Crippen LogP contribution is -2.51. The van der Waals surface area contributed by atoms with E-state index in [4.69, 9.17) is 5.73 Å². The van der Waals surface area contributed by atoms with Gasteiger partial charge in [0.1, 0.15) is 0 Å². The molecule has 1 aliphatic heterocycles. The van der Waals surface area contributed by atoms with Crippen molar-refractivity contribution in [1.29, 1.82) is 0 Å². The predicted octanol–water partition coefficient (Wildman–Crippen LogP) is 3.07. The highest BCUT2D eigenvalue weighted by atomic mass is 79.9. The number of nitrogens with two attached hydrogens (primary N) is 1. The number of sulfonamides is 1. The summed E-state index contributed by atoms with van der Waals surface area (Å²) in [6, 6.07) is 5.02. The van der Waals surface area contributed by atoms with Crippen LogP contribution in [-0.2, 0) is 10.0 Å². The second-order valence-electron chi connectivity index (χ2n) is 5.50. The molecule has 2 unspecified atom stereocenters. The van der Waals surface area contributed by atoms with Gasteiger partial charge < -0.3 is 5.73 Å². The Labute approximate surface area is 141 Å². The molecule has 0 saturated carbocycles. The van der Waals surface area contributed by atoms with Crippen LogP contribution in [0.4, 0.5) is 0 Å². The van der Waals surface area contributed by atoms with Crippen molar-refractivity contribution in [2.45, 2.75) is 50.1 Å². The SMILES string of the molecule is Cc1cc(Br)cc(S(=O)(=O)N2CCCCC2C(C)N)c1.Cl. The van der Waals surface area contributed by atoms with Gasteiger partial charge in [0.25, 0.3) is 0 Å². The van der Waals surface area contributed by atoms with Crippen LogP contribution in [0.1, 0.15) is 31.7 Å². The van der Waals surface area contributed by atoms with Gasteiger partial charge >= 0.3 is 0 Å². The third-order valence-electron chi connectivity index (χ3n) is 3.73. The molecular weight excluding hydrogens is 376 g/mol. The highest BCUT2D eigenvalue weighted by molar-refractivity contribution is 9.10. The van der Waals surface area contributed by atoms with E-state index in [-0.39, 0.29) is 24.5 Å². The van der Waals surface area contributed by atoms with Crippen LogP contribution in [0.5, 0.6) is 0 Å². The molecule has 0 aromatic heterocycles. The van der Waals surface area contributed by atoms with E-state index in [2.05, 4.69) is 15.9 Å². The van der Waals surface area contributed by atoms with Gasteiger partial charge in [-0.15, -0.1) is 12.4 Å². The molecule has 1 aromatic carbocycles. The lowest BCUT2D eigenvalue weighted by molar-refractivity contribution is 0.227. The molecule has 1 heterocycles. The Morgan fingerprint density at radius 2 is 2.00 bits per heavy atom. The van der Waals surface area contributed by atoms with Crippen LogP contribution in [-0.4, -0.2) is 31.4 Å². The van der Waals surface area contributed by atoms with Gasteiger partial charge in [-0.1, -0.05) is 22.4 Å². The van der Waals surface area contributed by atoms with E-state index < -0.39 is 10.0 Å². The van der Waals surface area contributed by atoms with E-state index in [1.54, 1.807) is 16.4 Å². The summed E-state index contributed by atoms with van der Waals surface area (Å²) < 4.78 is 28.1. The molecule has 120 valence electrons. The van der Waals surface area contributed by atoms with E-state index in [9.17, 15) is 8.42 Å². The summed E-state index contributed by atoms with van der Waals surface area (Å²) in [5.74, 6) is 0. The maximum Gasteiger partial charge on any atom is 0.243 e. The number of halogens is 2. The van der Waals surface area contributed by atoms with Crippen molar-refractivity contribution in [2.75, 3.05) is 6.54 Å². The second-order valence-corrected chi connectivity index (χ2v) is 8.31. The Balaban J connectivity index is 0.00000220. The first-order valence-electron chi connectivity index (χ1n) is 6.87. The standard InChI is InChI=1S/C14H21BrN2O2S.ClH/c1-10-7-12(15)9-13(8-10)20(18,19)17-6-4-3-5-14(17)11(2)16;/h7-9,11,14H,3-6,16H2,1-2H3;1H. The molecule has 2 N–H and O–H groups in total. The average molecular weight is 398 g/mol. The van der Waals surface area contributed by atoms with Gasteiger partial charge in [-0.2, -0.15) is 4.31 Å². The summed E-state index contributed by atoms with van der Waals surface area (Å²) >= 11 is 3.37.